The summed E-state index contributed by atoms with van der Waals surface area (Å²) in [5.74, 6) is 0.159. The minimum absolute atomic E-state index is 0.0259. The third kappa shape index (κ3) is 3.78. The zero-order chi connectivity index (χ0) is 21.8. The Morgan fingerprint density at radius 1 is 1.23 bits per heavy atom. The number of rotatable bonds is 3. The van der Waals surface area contributed by atoms with Gasteiger partial charge in [-0.1, -0.05) is 44.1 Å². The van der Waals surface area contributed by atoms with Gasteiger partial charge in [0.05, 0.1) is 12.1 Å². The molecule has 0 bridgehead atoms. The molecule has 0 amide bonds. The largest absolute Gasteiger partial charge is 0.471 e. The summed E-state index contributed by atoms with van der Waals surface area (Å²) in [5.41, 5.74) is 0.132. The fraction of sp³-hybridized carbons (Fsp3) is 0.650. The van der Waals surface area contributed by atoms with Gasteiger partial charge in [0.2, 0.25) is 5.88 Å². The Morgan fingerprint density at radius 3 is 2.63 bits per heavy atom. The van der Waals surface area contributed by atoms with E-state index in [0.29, 0.717) is 16.4 Å². The van der Waals surface area contributed by atoms with E-state index in [1.807, 2.05) is 6.26 Å². The zero-order valence-electron chi connectivity index (χ0n) is 18.2. The lowest BCUT2D eigenvalue weighted by atomic mass is 9.90. The van der Waals surface area contributed by atoms with Crippen LogP contribution in [0.2, 0.25) is 23.3 Å². The maximum atomic E-state index is 14.8. The van der Waals surface area contributed by atoms with Crippen LogP contribution in [0.15, 0.2) is 5.16 Å². The molecule has 2 aromatic rings. The Morgan fingerprint density at radius 2 is 1.97 bits per heavy atom. The standard InChI is InChI=1S/C20H28ClFN4O2SSi/c1-20(2,3)30(5,6)28-11-9-7-8-10-14(11)23-17-12-15(24-19(26-17)29-4)13(22)16(21)25-18(12)27-10/h10-11,14H,7-9H2,1-6H3,(H,23,24,26). The van der Waals surface area contributed by atoms with Gasteiger partial charge in [0.25, 0.3) is 0 Å². The summed E-state index contributed by atoms with van der Waals surface area (Å²) < 4.78 is 27.9. The van der Waals surface area contributed by atoms with Crippen molar-refractivity contribution >= 4 is 48.4 Å². The quantitative estimate of drug-likeness (QED) is 0.269. The van der Waals surface area contributed by atoms with Crippen LogP contribution in [0.4, 0.5) is 10.2 Å². The third-order valence-corrected chi connectivity index (χ3v) is 11.8. The van der Waals surface area contributed by atoms with Gasteiger partial charge in [-0.15, -0.1) is 0 Å². The predicted molar refractivity (Wildman–Crippen MR) is 122 cm³/mol. The second-order valence-electron chi connectivity index (χ2n) is 9.48. The van der Waals surface area contributed by atoms with Crippen LogP contribution in [0.1, 0.15) is 40.0 Å². The Balaban J connectivity index is 1.79. The minimum atomic E-state index is -1.99. The number of anilines is 1. The molecule has 6 nitrogen and oxygen atoms in total. The van der Waals surface area contributed by atoms with Crippen molar-refractivity contribution in [3.8, 4) is 5.88 Å². The van der Waals surface area contributed by atoms with Crippen molar-refractivity contribution in [2.75, 3.05) is 11.6 Å². The second-order valence-corrected chi connectivity index (χ2v) is 15.4. The van der Waals surface area contributed by atoms with E-state index in [2.05, 4.69) is 54.1 Å². The van der Waals surface area contributed by atoms with Gasteiger partial charge in [0.1, 0.15) is 22.8 Å². The van der Waals surface area contributed by atoms with E-state index in [1.54, 1.807) is 0 Å². The first-order chi connectivity index (χ1) is 14.0. The Kier molecular flexibility index (Phi) is 5.70. The van der Waals surface area contributed by atoms with Crippen molar-refractivity contribution in [3.63, 3.8) is 0 Å². The molecule has 2 aliphatic rings. The Bertz CT molecular complexity index is 988. The summed E-state index contributed by atoms with van der Waals surface area (Å²) >= 11 is 7.42. The lowest BCUT2D eigenvalue weighted by Gasteiger charge is -2.44. The number of hydrogen-bond donors (Lipinski definition) is 1. The fourth-order valence-electron chi connectivity index (χ4n) is 3.80. The summed E-state index contributed by atoms with van der Waals surface area (Å²) in [6.07, 6.45) is 4.43. The van der Waals surface area contributed by atoms with E-state index in [4.69, 9.17) is 20.8 Å². The van der Waals surface area contributed by atoms with Crippen LogP contribution in [0.5, 0.6) is 5.88 Å². The number of thioether (sulfide) groups is 1. The molecule has 1 aliphatic heterocycles. The van der Waals surface area contributed by atoms with Gasteiger partial charge >= 0.3 is 0 Å². The van der Waals surface area contributed by atoms with Crippen molar-refractivity contribution in [2.24, 2.45) is 0 Å². The summed E-state index contributed by atoms with van der Waals surface area (Å²) in [6, 6.07) is -0.114. The molecule has 0 aromatic carbocycles. The van der Waals surface area contributed by atoms with Crippen LogP contribution >= 0.6 is 23.4 Å². The van der Waals surface area contributed by atoms with Crippen molar-refractivity contribution in [3.05, 3.63) is 11.0 Å². The molecule has 0 spiro atoms. The molecule has 30 heavy (non-hydrogen) atoms. The average molecular weight is 471 g/mol. The van der Waals surface area contributed by atoms with Crippen molar-refractivity contribution in [1.82, 2.24) is 15.0 Å². The van der Waals surface area contributed by atoms with E-state index >= 15 is 0 Å². The van der Waals surface area contributed by atoms with Gasteiger partial charge in [-0.3, -0.25) is 0 Å². The van der Waals surface area contributed by atoms with E-state index in [-0.39, 0.29) is 39.8 Å². The predicted octanol–water partition coefficient (Wildman–Crippen LogP) is 5.66. The number of nitrogens with zero attached hydrogens (tertiary/aromatic N) is 3. The summed E-state index contributed by atoms with van der Waals surface area (Å²) in [6.45, 7) is 11.2. The number of halogens is 2. The van der Waals surface area contributed by atoms with E-state index in [0.717, 1.165) is 19.3 Å². The minimum Gasteiger partial charge on any atom is -0.471 e. The van der Waals surface area contributed by atoms with Crippen LogP contribution in [0.25, 0.3) is 10.9 Å². The molecular formula is C20H28ClFN4O2SSi. The maximum Gasteiger partial charge on any atom is 0.228 e. The first kappa shape index (κ1) is 22.0. The van der Waals surface area contributed by atoms with Gasteiger partial charge in [-0.05, 0) is 43.7 Å². The Labute approximate surface area is 186 Å². The highest BCUT2D eigenvalue weighted by molar-refractivity contribution is 7.98. The van der Waals surface area contributed by atoms with Gasteiger partial charge in [0.15, 0.2) is 24.4 Å². The van der Waals surface area contributed by atoms with E-state index < -0.39 is 14.1 Å². The number of nitrogens with one attached hydrogen (secondary N) is 1. The molecule has 164 valence electrons. The van der Waals surface area contributed by atoms with E-state index in [9.17, 15) is 4.39 Å². The first-order valence-corrected chi connectivity index (χ1v) is 14.7. The lowest BCUT2D eigenvalue weighted by molar-refractivity contribution is 0.0453. The van der Waals surface area contributed by atoms with E-state index in [1.165, 1.54) is 11.8 Å². The number of pyridine rings is 1. The number of ether oxygens (including phenoxy) is 1. The van der Waals surface area contributed by atoms with Gasteiger partial charge < -0.3 is 14.5 Å². The third-order valence-electron chi connectivity index (χ3n) is 6.47. The maximum absolute atomic E-state index is 14.8. The molecule has 1 fully saturated rings. The molecule has 10 heteroatoms. The fourth-order valence-corrected chi connectivity index (χ4v) is 5.71. The molecular weight excluding hydrogens is 443 g/mol. The van der Waals surface area contributed by atoms with Gasteiger partial charge in [-0.25, -0.2) is 14.4 Å². The Hall–Kier alpha value is -1.16. The molecule has 0 radical (unpaired) electrons. The second kappa shape index (κ2) is 7.76. The summed E-state index contributed by atoms with van der Waals surface area (Å²) in [5, 5.41) is 4.29. The molecule has 1 saturated carbocycles. The van der Waals surface area contributed by atoms with Gasteiger partial charge in [-0.2, -0.15) is 4.98 Å². The topological polar surface area (TPSA) is 69.2 Å². The molecule has 1 aliphatic carbocycles. The highest BCUT2D eigenvalue weighted by Crippen LogP contribution is 2.43. The van der Waals surface area contributed by atoms with Crippen LogP contribution < -0.4 is 10.1 Å². The molecule has 3 atom stereocenters. The number of fused-ring (bicyclic) bond motifs is 1. The molecule has 0 saturated heterocycles. The van der Waals surface area contributed by atoms with Crippen molar-refractivity contribution < 1.29 is 13.6 Å². The van der Waals surface area contributed by atoms with Crippen molar-refractivity contribution in [2.45, 2.75) is 81.6 Å². The van der Waals surface area contributed by atoms with Crippen LogP contribution in [-0.2, 0) is 4.43 Å². The molecule has 3 heterocycles. The lowest BCUT2D eigenvalue weighted by Crippen LogP contribution is -2.55. The summed E-state index contributed by atoms with van der Waals surface area (Å²) in [7, 11) is -1.99. The SMILES string of the molecule is CSc1nc2c3c(nc(Cl)c(F)c3n1)OC1CCCC(O[Si](C)(C)C(C)(C)C)C1N2. The zero-order valence-corrected chi connectivity index (χ0v) is 20.7. The average Bonchev–Trinajstić information content (AvgIpc) is 2.82. The molecule has 4 rings (SSSR count). The van der Waals surface area contributed by atoms with Crippen LogP contribution in [0, 0.1) is 5.82 Å². The number of hydrogen-bond acceptors (Lipinski definition) is 7. The van der Waals surface area contributed by atoms with Gasteiger partial charge in [0, 0.05) is 0 Å². The monoisotopic (exact) mass is 470 g/mol. The molecule has 1 N–H and O–H groups in total. The molecule has 2 aromatic heterocycles. The number of aromatic nitrogens is 3. The summed E-state index contributed by atoms with van der Waals surface area (Å²) in [4.78, 5) is 13.1. The highest BCUT2D eigenvalue weighted by atomic mass is 35.5. The smallest absolute Gasteiger partial charge is 0.228 e. The van der Waals surface area contributed by atoms with Crippen molar-refractivity contribution in [1.29, 1.82) is 0 Å². The molecule has 3 unspecified atom stereocenters. The first-order valence-electron chi connectivity index (χ1n) is 10.2. The van der Waals surface area contributed by atoms with Crippen LogP contribution in [-0.4, -0.2) is 47.8 Å². The highest BCUT2D eigenvalue weighted by Gasteiger charge is 2.45. The normalized spacial score (nSPS) is 24.1. The van der Waals surface area contributed by atoms with Crippen LogP contribution in [0.3, 0.4) is 0 Å².